The summed E-state index contributed by atoms with van der Waals surface area (Å²) >= 11 is 0. The van der Waals surface area contributed by atoms with Crippen molar-refractivity contribution in [1.29, 1.82) is 0 Å². The highest BCUT2D eigenvalue weighted by Crippen LogP contribution is 2.33. The van der Waals surface area contributed by atoms with Crippen LogP contribution < -0.4 is 5.32 Å². The molecule has 0 bridgehead atoms. The molecule has 1 aliphatic rings. The summed E-state index contributed by atoms with van der Waals surface area (Å²) in [5, 5.41) is 23.0. The molecule has 1 aromatic rings. The monoisotopic (exact) mass is 289 g/mol. The SMILES string of the molecule is CC(C)=CCC[C@](C)(O)[C@H]1Cc2cc(C(=O)O)ccc2N1. The van der Waals surface area contributed by atoms with E-state index in [0.717, 1.165) is 17.7 Å². The zero-order valence-electron chi connectivity index (χ0n) is 12.8. The molecule has 1 heterocycles. The second kappa shape index (κ2) is 5.90. The third-order valence-corrected chi connectivity index (χ3v) is 4.06. The number of fused-ring (bicyclic) bond motifs is 1. The lowest BCUT2D eigenvalue weighted by atomic mass is 9.89. The quantitative estimate of drug-likeness (QED) is 0.728. The van der Waals surface area contributed by atoms with Crippen LogP contribution in [0.15, 0.2) is 29.8 Å². The Balaban J connectivity index is 2.07. The van der Waals surface area contributed by atoms with Gasteiger partial charge in [-0.1, -0.05) is 11.6 Å². The first-order valence-corrected chi connectivity index (χ1v) is 7.28. The summed E-state index contributed by atoms with van der Waals surface area (Å²) in [6.45, 7) is 5.94. The lowest BCUT2D eigenvalue weighted by Gasteiger charge is -2.30. The standard InChI is InChI=1S/C17H23NO3/c1-11(2)5-4-8-17(3,21)15-10-13-9-12(16(19)20)6-7-14(13)18-15/h5-7,9,15,18,21H,4,8,10H2,1-3H3,(H,19,20)/t15-,17+/m1/s1. The Kier molecular flexibility index (Phi) is 4.37. The van der Waals surface area contributed by atoms with Crippen molar-refractivity contribution < 1.29 is 15.0 Å². The number of carbonyl (C=O) groups is 1. The van der Waals surface area contributed by atoms with Crippen LogP contribution in [0.1, 0.15) is 49.5 Å². The van der Waals surface area contributed by atoms with Gasteiger partial charge in [0.1, 0.15) is 0 Å². The van der Waals surface area contributed by atoms with E-state index < -0.39 is 11.6 Å². The largest absolute Gasteiger partial charge is 0.478 e. The zero-order chi connectivity index (χ0) is 15.6. The van der Waals surface area contributed by atoms with Gasteiger partial charge in [-0.25, -0.2) is 4.79 Å². The molecular weight excluding hydrogens is 266 g/mol. The van der Waals surface area contributed by atoms with Gasteiger partial charge in [-0.05, 0) is 63.8 Å². The van der Waals surface area contributed by atoms with Crippen molar-refractivity contribution in [3.05, 3.63) is 41.0 Å². The number of rotatable bonds is 5. The summed E-state index contributed by atoms with van der Waals surface area (Å²) in [4.78, 5) is 11.0. The Bertz CT molecular complexity index is 571. The fourth-order valence-corrected chi connectivity index (χ4v) is 2.70. The van der Waals surface area contributed by atoms with E-state index in [-0.39, 0.29) is 6.04 Å². The number of carboxylic acids is 1. The van der Waals surface area contributed by atoms with Crippen LogP contribution in [0.25, 0.3) is 0 Å². The summed E-state index contributed by atoms with van der Waals surface area (Å²) in [7, 11) is 0. The van der Waals surface area contributed by atoms with E-state index in [0.29, 0.717) is 18.4 Å². The lowest BCUT2D eigenvalue weighted by Crippen LogP contribution is -2.43. The molecule has 3 N–H and O–H groups in total. The van der Waals surface area contributed by atoms with Crippen LogP contribution in [0.3, 0.4) is 0 Å². The van der Waals surface area contributed by atoms with Gasteiger partial charge in [0, 0.05) is 5.69 Å². The summed E-state index contributed by atoms with van der Waals surface area (Å²) < 4.78 is 0. The van der Waals surface area contributed by atoms with Crippen molar-refractivity contribution in [3.63, 3.8) is 0 Å². The highest BCUT2D eigenvalue weighted by Gasteiger charge is 2.35. The number of aliphatic hydroxyl groups is 1. The van der Waals surface area contributed by atoms with Gasteiger partial charge in [0.25, 0.3) is 0 Å². The first-order valence-electron chi connectivity index (χ1n) is 7.28. The molecule has 21 heavy (non-hydrogen) atoms. The Morgan fingerprint density at radius 1 is 1.48 bits per heavy atom. The molecule has 114 valence electrons. The van der Waals surface area contributed by atoms with E-state index in [4.69, 9.17) is 5.11 Å². The molecule has 0 spiro atoms. The van der Waals surface area contributed by atoms with Crippen molar-refractivity contribution in [1.82, 2.24) is 0 Å². The van der Waals surface area contributed by atoms with E-state index in [1.165, 1.54) is 5.57 Å². The number of allylic oxidation sites excluding steroid dienone is 2. The fourth-order valence-electron chi connectivity index (χ4n) is 2.70. The highest BCUT2D eigenvalue weighted by atomic mass is 16.4. The molecule has 0 radical (unpaired) electrons. The van der Waals surface area contributed by atoms with Crippen LogP contribution in [-0.2, 0) is 6.42 Å². The van der Waals surface area contributed by atoms with Gasteiger partial charge in [-0.15, -0.1) is 0 Å². The number of hydrogen-bond acceptors (Lipinski definition) is 3. The molecule has 0 saturated heterocycles. The lowest BCUT2D eigenvalue weighted by molar-refractivity contribution is 0.0339. The average Bonchev–Trinajstić information content (AvgIpc) is 2.81. The first kappa shape index (κ1) is 15.6. The Labute approximate surface area is 125 Å². The molecule has 0 aromatic heterocycles. The minimum absolute atomic E-state index is 0.0814. The Hall–Kier alpha value is -1.81. The van der Waals surface area contributed by atoms with Gasteiger partial charge >= 0.3 is 5.97 Å². The molecule has 0 fully saturated rings. The molecule has 4 heteroatoms. The van der Waals surface area contributed by atoms with Gasteiger partial charge in [-0.2, -0.15) is 0 Å². The van der Waals surface area contributed by atoms with Crippen molar-refractivity contribution in [2.75, 3.05) is 5.32 Å². The molecule has 1 aliphatic heterocycles. The van der Waals surface area contributed by atoms with E-state index in [2.05, 4.69) is 11.4 Å². The second-order valence-corrected chi connectivity index (χ2v) is 6.26. The maximum Gasteiger partial charge on any atom is 0.335 e. The van der Waals surface area contributed by atoms with Crippen LogP contribution in [0, 0.1) is 0 Å². The molecular formula is C17H23NO3. The normalized spacial score (nSPS) is 19.3. The molecule has 0 amide bonds. The zero-order valence-corrected chi connectivity index (χ0v) is 12.8. The number of aromatic carboxylic acids is 1. The van der Waals surface area contributed by atoms with E-state index in [9.17, 15) is 9.90 Å². The van der Waals surface area contributed by atoms with Crippen LogP contribution in [0.4, 0.5) is 5.69 Å². The minimum atomic E-state index is -0.920. The number of hydrogen-bond donors (Lipinski definition) is 3. The van der Waals surface area contributed by atoms with Gasteiger partial charge in [0.05, 0.1) is 17.2 Å². The van der Waals surface area contributed by atoms with E-state index in [1.807, 2.05) is 20.8 Å². The van der Waals surface area contributed by atoms with Crippen molar-refractivity contribution in [3.8, 4) is 0 Å². The summed E-state index contributed by atoms with van der Waals surface area (Å²) in [5.74, 6) is -0.920. The second-order valence-electron chi connectivity index (χ2n) is 6.26. The first-order chi connectivity index (χ1) is 9.79. The molecule has 1 aromatic carbocycles. The van der Waals surface area contributed by atoms with Gasteiger partial charge < -0.3 is 15.5 Å². The fraction of sp³-hybridized carbons (Fsp3) is 0.471. The van der Waals surface area contributed by atoms with Crippen molar-refractivity contribution >= 4 is 11.7 Å². The molecule has 0 unspecified atom stereocenters. The molecule has 0 aliphatic carbocycles. The van der Waals surface area contributed by atoms with Crippen molar-refractivity contribution in [2.45, 2.75) is 51.7 Å². The number of nitrogens with one attached hydrogen (secondary N) is 1. The van der Waals surface area contributed by atoms with Crippen LogP contribution in [-0.4, -0.2) is 27.8 Å². The minimum Gasteiger partial charge on any atom is -0.478 e. The predicted octanol–water partition coefficient (Wildman–Crippen LogP) is 3.22. The molecule has 4 nitrogen and oxygen atoms in total. The third-order valence-electron chi connectivity index (χ3n) is 4.06. The summed E-state index contributed by atoms with van der Waals surface area (Å²) in [6.07, 6.45) is 4.29. The molecule has 2 atom stereocenters. The van der Waals surface area contributed by atoms with E-state index in [1.54, 1.807) is 18.2 Å². The summed E-state index contributed by atoms with van der Waals surface area (Å²) in [6, 6.07) is 4.98. The number of carboxylic acid groups (broad SMARTS) is 1. The van der Waals surface area contributed by atoms with Crippen LogP contribution in [0.2, 0.25) is 0 Å². The van der Waals surface area contributed by atoms with Crippen LogP contribution in [0.5, 0.6) is 0 Å². The predicted molar refractivity (Wildman–Crippen MR) is 83.8 cm³/mol. The van der Waals surface area contributed by atoms with E-state index >= 15 is 0 Å². The smallest absolute Gasteiger partial charge is 0.335 e. The van der Waals surface area contributed by atoms with Crippen molar-refractivity contribution in [2.24, 2.45) is 0 Å². The van der Waals surface area contributed by atoms with Gasteiger partial charge in [0.2, 0.25) is 0 Å². The topological polar surface area (TPSA) is 69.6 Å². The maximum absolute atomic E-state index is 11.0. The highest BCUT2D eigenvalue weighted by molar-refractivity contribution is 5.88. The van der Waals surface area contributed by atoms with Gasteiger partial charge in [-0.3, -0.25) is 0 Å². The molecule has 0 saturated carbocycles. The Morgan fingerprint density at radius 2 is 2.19 bits per heavy atom. The Morgan fingerprint density at radius 3 is 2.81 bits per heavy atom. The average molecular weight is 289 g/mol. The number of benzene rings is 1. The summed E-state index contributed by atoms with van der Waals surface area (Å²) in [5.41, 5.74) is 2.60. The third kappa shape index (κ3) is 3.64. The molecule has 2 rings (SSSR count). The van der Waals surface area contributed by atoms with Crippen LogP contribution >= 0.6 is 0 Å². The number of anilines is 1. The maximum atomic E-state index is 11.0. The van der Waals surface area contributed by atoms with Gasteiger partial charge in [0.15, 0.2) is 0 Å².